The van der Waals surface area contributed by atoms with Crippen molar-refractivity contribution in [1.82, 2.24) is 5.32 Å². The molecule has 3 N–H and O–H groups in total. The number of aryl methyl sites for hydroxylation is 1. The van der Waals surface area contributed by atoms with E-state index in [-0.39, 0.29) is 25.6 Å². The molecular formula is C22H24ClNO2. The van der Waals surface area contributed by atoms with Crippen LogP contribution >= 0.6 is 12.4 Å². The van der Waals surface area contributed by atoms with Gasteiger partial charge in [-0.05, 0) is 64.1 Å². The van der Waals surface area contributed by atoms with Crippen LogP contribution < -0.4 is 5.32 Å². The molecule has 1 aliphatic rings. The van der Waals surface area contributed by atoms with E-state index in [1.807, 2.05) is 6.92 Å². The van der Waals surface area contributed by atoms with Crippen molar-refractivity contribution in [2.24, 2.45) is 0 Å². The van der Waals surface area contributed by atoms with E-state index >= 15 is 0 Å². The van der Waals surface area contributed by atoms with E-state index in [4.69, 9.17) is 0 Å². The summed E-state index contributed by atoms with van der Waals surface area (Å²) >= 11 is 0. The second-order valence-electron chi connectivity index (χ2n) is 7.27. The maximum absolute atomic E-state index is 9.44. The zero-order chi connectivity index (χ0) is 17.6. The number of rotatable bonds is 5. The SMILES string of the molecule is Cc1ccc2c3c(cccc13)-c1ccc(CNC(C)(CO)CO)cc1-2.Cl. The van der Waals surface area contributed by atoms with Crippen LogP contribution in [0.25, 0.3) is 33.0 Å². The number of aliphatic hydroxyl groups is 2. The van der Waals surface area contributed by atoms with Crippen LogP contribution in [0.2, 0.25) is 0 Å². The first-order valence-electron chi connectivity index (χ1n) is 8.69. The standard InChI is InChI=1S/C22H23NO2.ClH/c1-14-6-8-19-20-10-15(11-23-22(2,12-24)13-25)7-9-17(20)18-5-3-4-16(14)21(18)19;/h3-10,23-25H,11-13H2,1-2H3;1H. The van der Waals surface area contributed by atoms with E-state index in [0.29, 0.717) is 6.54 Å². The molecule has 4 heteroatoms. The molecule has 0 heterocycles. The lowest BCUT2D eigenvalue weighted by atomic mass is 9.99. The molecular weight excluding hydrogens is 346 g/mol. The lowest BCUT2D eigenvalue weighted by molar-refractivity contribution is 0.103. The topological polar surface area (TPSA) is 52.5 Å². The summed E-state index contributed by atoms with van der Waals surface area (Å²) in [5.74, 6) is 0. The van der Waals surface area contributed by atoms with Crippen LogP contribution in [-0.2, 0) is 6.54 Å². The molecule has 3 aromatic rings. The summed E-state index contributed by atoms with van der Waals surface area (Å²) in [6.07, 6.45) is 0. The maximum Gasteiger partial charge on any atom is 0.0633 e. The highest BCUT2D eigenvalue weighted by atomic mass is 35.5. The highest BCUT2D eigenvalue weighted by Crippen LogP contribution is 2.47. The molecule has 26 heavy (non-hydrogen) atoms. The average Bonchev–Trinajstić information content (AvgIpc) is 2.97. The minimum atomic E-state index is -0.668. The van der Waals surface area contributed by atoms with Crippen molar-refractivity contribution in [3.63, 3.8) is 0 Å². The van der Waals surface area contributed by atoms with Crippen LogP contribution in [0.1, 0.15) is 18.1 Å². The van der Waals surface area contributed by atoms with Crippen molar-refractivity contribution >= 4 is 23.2 Å². The Kier molecular flexibility index (Phi) is 5.09. The summed E-state index contributed by atoms with van der Waals surface area (Å²) in [6, 6.07) is 17.5. The molecule has 3 aromatic carbocycles. The van der Waals surface area contributed by atoms with Crippen LogP contribution in [0.4, 0.5) is 0 Å². The third kappa shape index (κ3) is 2.91. The highest BCUT2D eigenvalue weighted by Gasteiger charge is 2.24. The van der Waals surface area contributed by atoms with E-state index in [0.717, 1.165) is 5.56 Å². The monoisotopic (exact) mass is 369 g/mol. The third-order valence-corrected chi connectivity index (χ3v) is 5.34. The van der Waals surface area contributed by atoms with Crippen molar-refractivity contribution < 1.29 is 10.2 Å². The number of nitrogens with one attached hydrogen (secondary N) is 1. The molecule has 0 saturated carbocycles. The van der Waals surface area contributed by atoms with E-state index in [1.54, 1.807) is 0 Å². The first-order valence-corrected chi connectivity index (χ1v) is 8.69. The van der Waals surface area contributed by atoms with Gasteiger partial charge in [0.2, 0.25) is 0 Å². The minimum Gasteiger partial charge on any atom is -0.394 e. The molecule has 0 unspecified atom stereocenters. The van der Waals surface area contributed by atoms with Crippen LogP contribution in [0.3, 0.4) is 0 Å². The number of fused-ring (bicyclic) bond motifs is 3. The predicted molar refractivity (Wildman–Crippen MR) is 110 cm³/mol. The Morgan fingerprint density at radius 1 is 0.885 bits per heavy atom. The highest BCUT2D eigenvalue weighted by molar-refractivity contribution is 6.16. The number of hydrogen-bond acceptors (Lipinski definition) is 3. The van der Waals surface area contributed by atoms with Crippen molar-refractivity contribution in [2.75, 3.05) is 13.2 Å². The largest absolute Gasteiger partial charge is 0.394 e. The second-order valence-corrected chi connectivity index (χ2v) is 7.27. The zero-order valence-corrected chi connectivity index (χ0v) is 15.9. The van der Waals surface area contributed by atoms with Gasteiger partial charge >= 0.3 is 0 Å². The van der Waals surface area contributed by atoms with E-state index in [1.165, 1.54) is 38.6 Å². The normalized spacial score (nSPS) is 12.2. The Morgan fingerprint density at radius 3 is 2.31 bits per heavy atom. The van der Waals surface area contributed by atoms with E-state index < -0.39 is 5.54 Å². The molecule has 0 bridgehead atoms. The van der Waals surface area contributed by atoms with Crippen molar-refractivity contribution in [3.8, 4) is 22.3 Å². The van der Waals surface area contributed by atoms with Gasteiger partial charge in [0.25, 0.3) is 0 Å². The average molecular weight is 370 g/mol. The Labute approximate surface area is 160 Å². The fourth-order valence-corrected chi connectivity index (χ4v) is 3.64. The Bertz CT molecular complexity index is 964. The number of halogens is 1. The first-order chi connectivity index (χ1) is 12.1. The van der Waals surface area contributed by atoms with Gasteiger partial charge in [-0.15, -0.1) is 12.4 Å². The van der Waals surface area contributed by atoms with Gasteiger partial charge < -0.3 is 15.5 Å². The summed E-state index contributed by atoms with van der Waals surface area (Å²) in [5, 5.41) is 24.8. The molecule has 136 valence electrons. The third-order valence-electron chi connectivity index (χ3n) is 5.34. The van der Waals surface area contributed by atoms with Crippen LogP contribution in [0, 0.1) is 6.92 Å². The molecule has 3 nitrogen and oxygen atoms in total. The van der Waals surface area contributed by atoms with Gasteiger partial charge in [-0.3, -0.25) is 0 Å². The summed E-state index contributed by atoms with van der Waals surface area (Å²) in [5.41, 5.74) is 6.92. The fraction of sp³-hybridized carbons (Fsp3) is 0.273. The maximum atomic E-state index is 9.44. The molecule has 0 aromatic heterocycles. The number of hydrogen-bond donors (Lipinski definition) is 3. The predicted octanol–water partition coefficient (Wildman–Crippen LogP) is 4.05. The molecule has 4 rings (SSSR count). The van der Waals surface area contributed by atoms with Gasteiger partial charge in [-0.25, -0.2) is 0 Å². The van der Waals surface area contributed by atoms with Gasteiger partial charge in [0, 0.05) is 6.54 Å². The Balaban J connectivity index is 0.00000196. The van der Waals surface area contributed by atoms with Gasteiger partial charge in [0.1, 0.15) is 0 Å². The minimum absolute atomic E-state index is 0. The lowest BCUT2D eigenvalue weighted by Crippen LogP contribution is -2.48. The molecule has 0 radical (unpaired) electrons. The van der Waals surface area contributed by atoms with E-state index in [9.17, 15) is 10.2 Å². The van der Waals surface area contributed by atoms with Crippen LogP contribution in [-0.4, -0.2) is 29.0 Å². The summed E-state index contributed by atoms with van der Waals surface area (Å²) in [6.45, 7) is 4.39. The molecule has 0 atom stereocenters. The molecule has 0 spiro atoms. The van der Waals surface area contributed by atoms with Gasteiger partial charge in [0.05, 0.1) is 18.8 Å². The summed E-state index contributed by atoms with van der Waals surface area (Å²) in [7, 11) is 0. The zero-order valence-electron chi connectivity index (χ0n) is 15.0. The second kappa shape index (κ2) is 7.01. The van der Waals surface area contributed by atoms with Crippen molar-refractivity contribution in [3.05, 3.63) is 59.7 Å². The smallest absolute Gasteiger partial charge is 0.0633 e. The lowest BCUT2D eigenvalue weighted by Gasteiger charge is -2.26. The van der Waals surface area contributed by atoms with Crippen molar-refractivity contribution in [2.45, 2.75) is 25.9 Å². The molecule has 0 aliphatic heterocycles. The van der Waals surface area contributed by atoms with E-state index in [2.05, 4.69) is 60.8 Å². The molecule has 0 amide bonds. The van der Waals surface area contributed by atoms with Gasteiger partial charge in [-0.2, -0.15) is 0 Å². The Hall–Kier alpha value is -1.91. The quantitative estimate of drug-likeness (QED) is 0.497. The number of aliphatic hydroxyl groups excluding tert-OH is 2. The molecule has 0 saturated heterocycles. The van der Waals surface area contributed by atoms with Gasteiger partial charge in [0.15, 0.2) is 0 Å². The van der Waals surface area contributed by atoms with Crippen molar-refractivity contribution in [1.29, 1.82) is 0 Å². The van der Waals surface area contributed by atoms with Crippen LogP contribution in [0.5, 0.6) is 0 Å². The summed E-state index contributed by atoms with van der Waals surface area (Å²) in [4.78, 5) is 0. The summed E-state index contributed by atoms with van der Waals surface area (Å²) < 4.78 is 0. The fourth-order valence-electron chi connectivity index (χ4n) is 3.64. The van der Waals surface area contributed by atoms with Crippen LogP contribution in [0.15, 0.2) is 48.5 Å². The molecule has 0 fully saturated rings. The van der Waals surface area contributed by atoms with Gasteiger partial charge in [-0.1, -0.05) is 42.5 Å². The number of benzene rings is 3. The molecule has 1 aliphatic carbocycles. The first kappa shape index (κ1) is 18.9. The Morgan fingerprint density at radius 2 is 1.58 bits per heavy atom.